The molecule has 2 heteroatoms. The van der Waals surface area contributed by atoms with Crippen molar-refractivity contribution in [3.05, 3.63) is 29.6 Å². The first-order valence-corrected chi connectivity index (χ1v) is 7.47. The van der Waals surface area contributed by atoms with Gasteiger partial charge in [0, 0.05) is 6.20 Å². The van der Waals surface area contributed by atoms with Crippen molar-refractivity contribution >= 4 is 0 Å². The Morgan fingerprint density at radius 3 is 2.83 bits per heavy atom. The first kappa shape index (κ1) is 15.2. The van der Waals surface area contributed by atoms with Crippen LogP contribution < -0.4 is 5.32 Å². The molecule has 18 heavy (non-hydrogen) atoms. The summed E-state index contributed by atoms with van der Waals surface area (Å²) in [6.45, 7) is 6.27. The van der Waals surface area contributed by atoms with Crippen LogP contribution in [-0.2, 0) is 6.42 Å². The van der Waals surface area contributed by atoms with Crippen LogP contribution in [0.25, 0.3) is 0 Å². The van der Waals surface area contributed by atoms with Gasteiger partial charge in [0.1, 0.15) is 0 Å². The maximum absolute atomic E-state index is 4.57. The van der Waals surface area contributed by atoms with Crippen LogP contribution in [0.1, 0.15) is 63.8 Å². The monoisotopic (exact) mass is 248 g/mol. The molecular formula is C16H28N2. The fourth-order valence-electron chi connectivity index (χ4n) is 2.82. The lowest BCUT2D eigenvalue weighted by atomic mass is 9.80. The van der Waals surface area contributed by atoms with Crippen LogP contribution in [0.15, 0.2) is 18.3 Å². The second-order valence-electron chi connectivity index (χ2n) is 4.76. The van der Waals surface area contributed by atoms with Gasteiger partial charge in [0.15, 0.2) is 0 Å². The molecule has 1 N–H and O–H groups in total. The van der Waals surface area contributed by atoms with E-state index in [2.05, 4.69) is 36.4 Å². The van der Waals surface area contributed by atoms with Crippen LogP contribution in [-0.4, -0.2) is 12.0 Å². The Hall–Kier alpha value is -0.890. The molecule has 0 aliphatic heterocycles. The number of rotatable bonds is 4. The smallest absolute Gasteiger partial charge is 0.0607 e. The Bertz CT molecular complexity index is 336. The zero-order valence-corrected chi connectivity index (χ0v) is 12.4. The summed E-state index contributed by atoms with van der Waals surface area (Å²) in [5.74, 6) is 0.771. The van der Waals surface area contributed by atoms with E-state index < -0.39 is 0 Å². The van der Waals surface area contributed by atoms with Crippen LogP contribution in [0, 0.1) is 5.92 Å². The highest BCUT2D eigenvalue weighted by Gasteiger charge is 2.28. The second-order valence-corrected chi connectivity index (χ2v) is 4.76. The molecule has 1 aliphatic carbocycles. The predicted octanol–water partition coefficient (Wildman–Crippen LogP) is 4.12. The highest BCUT2D eigenvalue weighted by atomic mass is 14.9. The van der Waals surface area contributed by atoms with Gasteiger partial charge in [-0.2, -0.15) is 0 Å². The minimum Gasteiger partial charge on any atom is -0.311 e. The number of nitrogens with one attached hydrogen (secondary N) is 1. The van der Waals surface area contributed by atoms with E-state index in [0.717, 1.165) is 5.92 Å². The zero-order chi connectivity index (χ0) is 13.4. The van der Waals surface area contributed by atoms with Gasteiger partial charge >= 0.3 is 0 Å². The Labute approximate surface area is 112 Å². The molecule has 1 aromatic rings. The highest BCUT2D eigenvalue weighted by Crippen LogP contribution is 2.35. The van der Waals surface area contributed by atoms with Crippen molar-refractivity contribution in [2.45, 2.75) is 58.9 Å². The van der Waals surface area contributed by atoms with Gasteiger partial charge in [0.25, 0.3) is 0 Å². The number of fused-ring (bicyclic) bond motifs is 1. The maximum Gasteiger partial charge on any atom is 0.0607 e. The van der Waals surface area contributed by atoms with Gasteiger partial charge in [0.2, 0.25) is 0 Å². The molecule has 102 valence electrons. The topological polar surface area (TPSA) is 24.9 Å². The standard InChI is InChI=1S/C14H22N2.C2H6/c1-3-4-6-11-8-9-12-7-5-10-16-14(12)13(11)15-2;1-2/h5,7,10-11,13,15H,3-4,6,8-9H2,1-2H3;1-2H3/t11-,13-;/m0./s1. The Morgan fingerprint density at radius 1 is 1.39 bits per heavy atom. The second kappa shape index (κ2) is 8.25. The fourth-order valence-corrected chi connectivity index (χ4v) is 2.82. The molecule has 0 aromatic carbocycles. The van der Waals surface area contributed by atoms with Crippen molar-refractivity contribution < 1.29 is 0 Å². The highest BCUT2D eigenvalue weighted by molar-refractivity contribution is 5.26. The normalized spacial score (nSPS) is 21.8. The van der Waals surface area contributed by atoms with Gasteiger partial charge < -0.3 is 5.32 Å². The molecule has 0 saturated carbocycles. The average Bonchev–Trinajstić information content (AvgIpc) is 2.46. The lowest BCUT2D eigenvalue weighted by Gasteiger charge is -2.32. The van der Waals surface area contributed by atoms with E-state index in [1.54, 1.807) is 0 Å². The Kier molecular flexibility index (Phi) is 6.96. The molecule has 1 aromatic heterocycles. The Morgan fingerprint density at radius 2 is 2.17 bits per heavy atom. The molecule has 2 nitrogen and oxygen atoms in total. The predicted molar refractivity (Wildman–Crippen MR) is 78.7 cm³/mol. The minimum absolute atomic E-state index is 0.469. The third kappa shape index (κ3) is 3.55. The molecule has 0 unspecified atom stereocenters. The maximum atomic E-state index is 4.57. The molecule has 0 bridgehead atoms. The molecule has 0 saturated heterocycles. The number of aromatic nitrogens is 1. The minimum atomic E-state index is 0.469. The van der Waals surface area contributed by atoms with Gasteiger partial charge in [-0.3, -0.25) is 4.98 Å². The molecule has 1 heterocycles. The van der Waals surface area contributed by atoms with E-state index in [1.165, 1.54) is 43.4 Å². The lowest BCUT2D eigenvalue weighted by molar-refractivity contribution is 0.304. The molecule has 0 fully saturated rings. The van der Waals surface area contributed by atoms with E-state index in [4.69, 9.17) is 0 Å². The number of pyridine rings is 1. The van der Waals surface area contributed by atoms with Crippen LogP contribution in [0.2, 0.25) is 0 Å². The quantitative estimate of drug-likeness (QED) is 0.867. The van der Waals surface area contributed by atoms with Crippen molar-refractivity contribution in [2.75, 3.05) is 7.05 Å². The van der Waals surface area contributed by atoms with E-state index in [0.29, 0.717) is 6.04 Å². The third-order valence-corrected chi connectivity index (χ3v) is 3.72. The molecule has 2 atom stereocenters. The van der Waals surface area contributed by atoms with Crippen molar-refractivity contribution in [3.8, 4) is 0 Å². The van der Waals surface area contributed by atoms with Gasteiger partial charge in [-0.05, 0) is 43.9 Å². The van der Waals surface area contributed by atoms with Gasteiger partial charge in [-0.25, -0.2) is 0 Å². The molecule has 2 rings (SSSR count). The zero-order valence-electron chi connectivity index (χ0n) is 12.4. The van der Waals surface area contributed by atoms with E-state index >= 15 is 0 Å². The summed E-state index contributed by atoms with van der Waals surface area (Å²) in [6, 6.07) is 4.75. The van der Waals surface area contributed by atoms with E-state index in [9.17, 15) is 0 Å². The first-order valence-electron chi connectivity index (χ1n) is 7.47. The number of unbranched alkanes of at least 4 members (excludes halogenated alkanes) is 1. The summed E-state index contributed by atoms with van der Waals surface area (Å²) >= 11 is 0. The summed E-state index contributed by atoms with van der Waals surface area (Å²) in [7, 11) is 2.06. The lowest BCUT2D eigenvalue weighted by Crippen LogP contribution is -2.31. The number of hydrogen-bond acceptors (Lipinski definition) is 2. The van der Waals surface area contributed by atoms with Gasteiger partial charge in [-0.15, -0.1) is 0 Å². The first-order chi connectivity index (χ1) is 8.86. The summed E-state index contributed by atoms with van der Waals surface area (Å²) in [6.07, 6.45) is 8.40. The molecule has 0 radical (unpaired) electrons. The summed E-state index contributed by atoms with van der Waals surface area (Å²) in [5, 5.41) is 3.46. The van der Waals surface area contributed by atoms with Crippen molar-refractivity contribution in [3.63, 3.8) is 0 Å². The fraction of sp³-hybridized carbons (Fsp3) is 0.688. The van der Waals surface area contributed by atoms with Crippen LogP contribution in [0.5, 0.6) is 0 Å². The largest absolute Gasteiger partial charge is 0.311 e. The van der Waals surface area contributed by atoms with Crippen LogP contribution in [0.4, 0.5) is 0 Å². The summed E-state index contributed by atoms with van der Waals surface area (Å²) < 4.78 is 0. The number of aryl methyl sites for hydroxylation is 1. The number of nitrogens with zero attached hydrogens (tertiary/aromatic N) is 1. The van der Waals surface area contributed by atoms with E-state index in [1.807, 2.05) is 20.0 Å². The average molecular weight is 248 g/mol. The van der Waals surface area contributed by atoms with Crippen molar-refractivity contribution in [1.29, 1.82) is 0 Å². The van der Waals surface area contributed by atoms with Crippen molar-refractivity contribution in [2.24, 2.45) is 5.92 Å². The van der Waals surface area contributed by atoms with Crippen molar-refractivity contribution in [1.82, 2.24) is 10.3 Å². The SMILES string of the molecule is CC.CCCC[C@H]1CCc2cccnc2[C@H]1NC. The molecule has 0 spiro atoms. The molecular weight excluding hydrogens is 220 g/mol. The molecule has 1 aliphatic rings. The van der Waals surface area contributed by atoms with Crippen LogP contribution >= 0.6 is 0 Å². The number of hydrogen-bond donors (Lipinski definition) is 1. The third-order valence-electron chi connectivity index (χ3n) is 3.72. The molecule has 0 amide bonds. The van der Waals surface area contributed by atoms with E-state index in [-0.39, 0.29) is 0 Å². The summed E-state index contributed by atoms with van der Waals surface area (Å²) in [5.41, 5.74) is 2.73. The Balaban J connectivity index is 0.000000771. The van der Waals surface area contributed by atoms with Gasteiger partial charge in [-0.1, -0.05) is 39.7 Å². The van der Waals surface area contributed by atoms with Gasteiger partial charge in [0.05, 0.1) is 11.7 Å². The summed E-state index contributed by atoms with van der Waals surface area (Å²) in [4.78, 5) is 4.57. The van der Waals surface area contributed by atoms with Crippen LogP contribution in [0.3, 0.4) is 0 Å².